The third kappa shape index (κ3) is 5.25. The van der Waals surface area contributed by atoms with Crippen molar-refractivity contribution in [3.63, 3.8) is 0 Å². The Labute approximate surface area is 132 Å². The predicted octanol–water partition coefficient (Wildman–Crippen LogP) is 5.02. The molecule has 2 aromatic rings. The maximum Gasteiger partial charge on any atom is 0.118 e. The highest BCUT2D eigenvalue weighted by molar-refractivity contribution is 7.97. The van der Waals surface area contributed by atoms with Crippen LogP contribution in [0.4, 0.5) is 0 Å². The van der Waals surface area contributed by atoms with Gasteiger partial charge in [0.05, 0.1) is 12.3 Å². The molecule has 2 nitrogen and oxygen atoms in total. The number of nitrogens with one attached hydrogen (secondary N) is 1. The average molecular weight is 303 g/mol. The molecule has 1 atom stereocenters. The SMILES string of the molecule is CSCc1ccc(CNC(CC(C)C)c2ccccc2)o1. The zero-order valence-corrected chi connectivity index (χ0v) is 14.0. The maximum absolute atomic E-state index is 5.83. The molecule has 0 aliphatic heterocycles. The Morgan fingerprint density at radius 3 is 2.43 bits per heavy atom. The average Bonchev–Trinajstić information content (AvgIpc) is 2.92. The fourth-order valence-electron chi connectivity index (χ4n) is 2.45. The maximum atomic E-state index is 5.83. The molecule has 1 unspecified atom stereocenters. The summed E-state index contributed by atoms with van der Waals surface area (Å²) in [7, 11) is 0. The van der Waals surface area contributed by atoms with Crippen LogP contribution in [0.3, 0.4) is 0 Å². The Kier molecular flexibility index (Phi) is 6.40. The second kappa shape index (κ2) is 8.30. The Balaban J connectivity index is 1.98. The molecule has 0 radical (unpaired) electrons. The van der Waals surface area contributed by atoms with Crippen molar-refractivity contribution < 1.29 is 4.42 Å². The molecule has 3 heteroatoms. The van der Waals surface area contributed by atoms with Crippen molar-refractivity contribution in [3.05, 3.63) is 59.5 Å². The van der Waals surface area contributed by atoms with Crippen molar-refractivity contribution >= 4 is 11.8 Å². The number of rotatable bonds is 8. The lowest BCUT2D eigenvalue weighted by Gasteiger charge is -2.20. The quantitative estimate of drug-likeness (QED) is 0.741. The van der Waals surface area contributed by atoms with E-state index >= 15 is 0 Å². The summed E-state index contributed by atoms with van der Waals surface area (Å²) in [6.07, 6.45) is 3.22. The molecule has 0 spiro atoms. The first-order chi connectivity index (χ1) is 10.2. The zero-order valence-electron chi connectivity index (χ0n) is 13.1. The van der Waals surface area contributed by atoms with Crippen LogP contribution in [0.1, 0.15) is 43.4 Å². The molecule has 114 valence electrons. The summed E-state index contributed by atoms with van der Waals surface area (Å²) in [5, 5.41) is 3.64. The second-order valence-electron chi connectivity index (χ2n) is 5.77. The molecular formula is C18H25NOS. The summed E-state index contributed by atoms with van der Waals surface area (Å²) < 4.78 is 5.83. The predicted molar refractivity (Wildman–Crippen MR) is 91.4 cm³/mol. The smallest absolute Gasteiger partial charge is 0.118 e. The van der Waals surface area contributed by atoms with Crippen LogP contribution in [0.15, 0.2) is 46.9 Å². The van der Waals surface area contributed by atoms with Crippen LogP contribution in [0.5, 0.6) is 0 Å². The molecule has 1 aromatic heterocycles. The molecular weight excluding hydrogens is 278 g/mol. The molecule has 0 fully saturated rings. The molecule has 0 amide bonds. The van der Waals surface area contributed by atoms with E-state index in [-0.39, 0.29) is 0 Å². The summed E-state index contributed by atoms with van der Waals surface area (Å²) in [5.74, 6) is 3.67. The highest BCUT2D eigenvalue weighted by Gasteiger charge is 2.13. The van der Waals surface area contributed by atoms with E-state index in [1.165, 1.54) is 5.56 Å². The summed E-state index contributed by atoms with van der Waals surface area (Å²) in [6, 6.07) is 15.2. The fraction of sp³-hybridized carbons (Fsp3) is 0.444. The molecule has 21 heavy (non-hydrogen) atoms. The first-order valence-electron chi connectivity index (χ1n) is 7.54. The summed E-state index contributed by atoms with van der Waals surface area (Å²) in [4.78, 5) is 0. The van der Waals surface area contributed by atoms with E-state index in [0.29, 0.717) is 12.0 Å². The van der Waals surface area contributed by atoms with Gasteiger partial charge in [0.2, 0.25) is 0 Å². The molecule has 0 aliphatic rings. The van der Waals surface area contributed by atoms with E-state index in [1.807, 2.05) is 0 Å². The third-order valence-electron chi connectivity index (χ3n) is 3.44. The Morgan fingerprint density at radius 1 is 1.05 bits per heavy atom. The van der Waals surface area contributed by atoms with Crippen LogP contribution in [0.2, 0.25) is 0 Å². The number of furan rings is 1. The van der Waals surface area contributed by atoms with E-state index in [0.717, 1.165) is 30.2 Å². The van der Waals surface area contributed by atoms with Gasteiger partial charge in [-0.1, -0.05) is 44.2 Å². The number of benzene rings is 1. The molecule has 0 bridgehead atoms. The minimum absolute atomic E-state index is 0.375. The number of hydrogen-bond donors (Lipinski definition) is 1. The summed E-state index contributed by atoms with van der Waals surface area (Å²) in [6.45, 7) is 5.31. The Bertz CT molecular complexity index is 521. The fourth-order valence-corrected chi connectivity index (χ4v) is 2.89. The molecule has 1 N–H and O–H groups in total. The van der Waals surface area contributed by atoms with Gasteiger partial charge in [0.25, 0.3) is 0 Å². The zero-order chi connectivity index (χ0) is 15.1. The lowest BCUT2D eigenvalue weighted by atomic mass is 9.97. The van der Waals surface area contributed by atoms with Crippen LogP contribution >= 0.6 is 11.8 Å². The van der Waals surface area contributed by atoms with Crippen molar-refractivity contribution in [1.29, 1.82) is 0 Å². The topological polar surface area (TPSA) is 25.2 Å². The van der Waals surface area contributed by atoms with Gasteiger partial charge in [-0.15, -0.1) is 0 Å². The van der Waals surface area contributed by atoms with Gasteiger partial charge in [0, 0.05) is 6.04 Å². The second-order valence-corrected chi connectivity index (χ2v) is 6.64. The standard InChI is InChI=1S/C18H25NOS/c1-14(2)11-18(15-7-5-4-6-8-15)19-12-16-9-10-17(20-16)13-21-3/h4-10,14,18-19H,11-13H2,1-3H3. The molecule has 0 aliphatic carbocycles. The van der Waals surface area contributed by atoms with Gasteiger partial charge in [-0.3, -0.25) is 0 Å². The van der Waals surface area contributed by atoms with Crippen LogP contribution in [0, 0.1) is 5.92 Å². The van der Waals surface area contributed by atoms with E-state index in [1.54, 1.807) is 11.8 Å². The monoisotopic (exact) mass is 303 g/mol. The van der Waals surface area contributed by atoms with E-state index in [9.17, 15) is 0 Å². The van der Waals surface area contributed by atoms with Crippen molar-refractivity contribution in [2.75, 3.05) is 6.26 Å². The van der Waals surface area contributed by atoms with Crippen LogP contribution in [-0.2, 0) is 12.3 Å². The third-order valence-corrected chi connectivity index (χ3v) is 4.01. The van der Waals surface area contributed by atoms with Gasteiger partial charge in [-0.05, 0) is 36.3 Å². The highest BCUT2D eigenvalue weighted by atomic mass is 32.2. The molecule has 0 saturated heterocycles. The van der Waals surface area contributed by atoms with Crippen molar-refractivity contribution in [2.45, 2.75) is 38.6 Å². The van der Waals surface area contributed by atoms with Crippen LogP contribution in [-0.4, -0.2) is 6.26 Å². The minimum Gasteiger partial charge on any atom is -0.464 e. The first kappa shape index (κ1) is 16.2. The highest BCUT2D eigenvalue weighted by Crippen LogP contribution is 2.22. The molecule has 1 heterocycles. The molecule has 0 saturated carbocycles. The van der Waals surface area contributed by atoms with E-state index in [2.05, 4.69) is 67.9 Å². The van der Waals surface area contributed by atoms with Gasteiger partial charge in [-0.25, -0.2) is 0 Å². The van der Waals surface area contributed by atoms with Crippen molar-refractivity contribution in [2.24, 2.45) is 5.92 Å². The van der Waals surface area contributed by atoms with Crippen molar-refractivity contribution in [3.8, 4) is 0 Å². The van der Waals surface area contributed by atoms with E-state index in [4.69, 9.17) is 4.42 Å². The number of hydrogen-bond acceptors (Lipinski definition) is 3. The van der Waals surface area contributed by atoms with E-state index < -0.39 is 0 Å². The molecule has 1 aromatic carbocycles. The Hall–Kier alpha value is -1.19. The number of thioether (sulfide) groups is 1. The van der Waals surface area contributed by atoms with Crippen LogP contribution < -0.4 is 5.32 Å². The Morgan fingerprint density at radius 2 is 1.76 bits per heavy atom. The molecule has 2 rings (SSSR count). The summed E-state index contributed by atoms with van der Waals surface area (Å²) in [5.41, 5.74) is 1.35. The minimum atomic E-state index is 0.375. The first-order valence-corrected chi connectivity index (χ1v) is 8.93. The lowest BCUT2D eigenvalue weighted by Crippen LogP contribution is -2.22. The summed E-state index contributed by atoms with van der Waals surface area (Å²) >= 11 is 1.78. The van der Waals surface area contributed by atoms with Crippen LogP contribution in [0.25, 0.3) is 0 Å². The van der Waals surface area contributed by atoms with Gasteiger partial charge in [0.15, 0.2) is 0 Å². The normalized spacial score (nSPS) is 12.8. The van der Waals surface area contributed by atoms with Gasteiger partial charge in [-0.2, -0.15) is 11.8 Å². The van der Waals surface area contributed by atoms with Gasteiger partial charge in [0.1, 0.15) is 11.5 Å². The largest absolute Gasteiger partial charge is 0.464 e. The van der Waals surface area contributed by atoms with Gasteiger partial charge < -0.3 is 9.73 Å². The van der Waals surface area contributed by atoms with Crippen molar-refractivity contribution in [1.82, 2.24) is 5.32 Å². The lowest BCUT2D eigenvalue weighted by molar-refractivity contribution is 0.394. The van der Waals surface area contributed by atoms with Gasteiger partial charge >= 0.3 is 0 Å².